The van der Waals surface area contributed by atoms with Crippen molar-refractivity contribution in [2.75, 3.05) is 39.9 Å². The highest BCUT2D eigenvalue weighted by atomic mass is 16.6. The van der Waals surface area contributed by atoms with Crippen LogP contribution in [0.4, 0.5) is 0 Å². The number of aromatic nitrogens is 2. The van der Waals surface area contributed by atoms with Crippen LogP contribution in [0.1, 0.15) is 24.2 Å². The van der Waals surface area contributed by atoms with E-state index in [0.717, 1.165) is 24.5 Å². The van der Waals surface area contributed by atoms with Gasteiger partial charge in [-0.15, -0.1) is 0 Å². The molecule has 1 amide bonds. The fourth-order valence-corrected chi connectivity index (χ4v) is 3.56. The number of carbonyl (C=O) groups excluding carboxylic acids is 1. The van der Waals surface area contributed by atoms with E-state index >= 15 is 0 Å². The Labute approximate surface area is 135 Å². The molecule has 1 N–H and O–H groups in total. The second kappa shape index (κ2) is 6.54. The lowest BCUT2D eigenvalue weighted by Gasteiger charge is -2.50. The van der Waals surface area contributed by atoms with Crippen molar-refractivity contribution in [3.8, 4) is 0 Å². The van der Waals surface area contributed by atoms with Gasteiger partial charge in [0.25, 0.3) is 0 Å². The molecule has 2 aliphatic heterocycles. The number of nitrogens with zero attached hydrogens (tertiary/aromatic N) is 4. The molecule has 2 fully saturated rings. The number of aryl methyl sites for hydroxylation is 1. The Morgan fingerprint density at radius 2 is 2.17 bits per heavy atom. The third-order valence-corrected chi connectivity index (χ3v) is 5.10. The maximum Gasteiger partial charge on any atom is 0.248 e. The topological polar surface area (TPSA) is 91.9 Å². The molecule has 2 saturated heterocycles. The van der Waals surface area contributed by atoms with Gasteiger partial charge >= 0.3 is 0 Å². The molecule has 3 heterocycles. The first kappa shape index (κ1) is 16.4. The molecule has 3 rings (SSSR count). The molecule has 0 aliphatic carbocycles. The highest BCUT2D eigenvalue weighted by Gasteiger charge is 2.45. The van der Waals surface area contributed by atoms with Crippen molar-refractivity contribution in [3.05, 3.63) is 11.4 Å². The number of carbonyl (C=O) groups is 1. The lowest BCUT2D eigenvalue weighted by Crippen LogP contribution is -2.60. The van der Waals surface area contributed by atoms with Crippen molar-refractivity contribution in [3.63, 3.8) is 0 Å². The largest absolute Gasteiger partial charge is 0.389 e. The maximum absolute atomic E-state index is 12.0. The van der Waals surface area contributed by atoms with Crippen LogP contribution in [0, 0.1) is 12.8 Å². The second-order valence-corrected chi connectivity index (χ2v) is 6.60. The van der Waals surface area contributed by atoms with Crippen LogP contribution in [-0.4, -0.2) is 76.6 Å². The van der Waals surface area contributed by atoms with Crippen LogP contribution in [0.2, 0.25) is 0 Å². The van der Waals surface area contributed by atoms with Crippen molar-refractivity contribution in [2.24, 2.45) is 5.92 Å². The Hall–Kier alpha value is -1.51. The van der Waals surface area contributed by atoms with Crippen LogP contribution < -0.4 is 0 Å². The van der Waals surface area contributed by atoms with Crippen LogP contribution in [0.15, 0.2) is 4.63 Å². The number of hydrogen-bond donors (Lipinski definition) is 1. The number of piperidine rings is 2. The van der Waals surface area contributed by atoms with Crippen molar-refractivity contribution in [1.29, 1.82) is 0 Å². The maximum atomic E-state index is 12.0. The second-order valence-electron chi connectivity index (χ2n) is 6.60. The molecule has 8 heteroatoms. The zero-order valence-electron chi connectivity index (χ0n) is 13.7. The van der Waals surface area contributed by atoms with Crippen LogP contribution >= 0.6 is 0 Å². The van der Waals surface area contributed by atoms with E-state index in [9.17, 15) is 9.90 Å². The van der Waals surface area contributed by atoms with Gasteiger partial charge in [-0.2, -0.15) is 0 Å². The number of hydrogen-bond acceptors (Lipinski definition) is 7. The summed E-state index contributed by atoms with van der Waals surface area (Å²) in [5, 5.41) is 18.6. The first-order chi connectivity index (χ1) is 11.0. The minimum atomic E-state index is -0.669. The van der Waals surface area contributed by atoms with Gasteiger partial charge in [0.15, 0.2) is 0 Å². The Morgan fingerprint density at radius 3 is 2.87 bits per heavy atom. The number of aliphatic hydroxyl groups is 1. The fourth-order valence-electron chi connectivity index (χ4n) is 3.56. The molecule has 0 unspecified atom stereocenters. The van der Waals surface area contributed by atoms with E-state index < -0.39 is 5.60 Å². The van der Waals surface area contributed by atoms with Gasteiger partial charge in [0, 0.05) is 45.8 Å². The van der Waals surface area contributed by atoms with E-state index in [-0.39, 0.29) is 18.4 Å². The van der Waals surface area contributed by atoms with Gasteiger partial charge in [-0.3, -0.25) is 9.69 Å². The van der Waals surface area contributed by atoms with E-state index in [1.807, 2.05) is 6.92 Å². The molecular weight excluding hydrogens is 300 g/mol. The fraction of sp³-hybridized carbons (Fsp3) is 0.800. The van der Waals surface area contributed by atoms with E-state index in [2.05, 4.69) is 15.2 Å². The lowest BCUT2D eigenvalue weighted by molar-refractivity contribution is -0.150. The Morgan fingerprint density at radius 1 is 1.39 bits per heavy atom. The number of fused-ring (bicyclic) bond motifs is 1. The van der Waals surface area contributed by atoms with E-state index in [0.29, 0.717) is 32.5 Å². The van der Waals surface area contributed by atoms with Crippen molar-refractivity contribution < 1.29 is 19.3 Å². The van der Waals surface area contributed by atoms with Gasteiger partial charge < -0.3 is 14.7 Å². The molecule has 23 heavy (non-hydrogen) atoms. The van der Waals surface area contributed by atoms with E-state index in [1.165, 1.54) is 7.11 Å². The summed E-state index contributed by atoms with van der Waals surface area (Å²) in [6.07, 6.45) is 1.35. The number of likely N-dealkylation sites (tertiary alicyclic amines) is 2. The first-order valence-corrected chi connectivity index (χ1v) is 8.01. The molecule has 0 aromatic carbocycles. The van der Waals surface area contributed by atoms with Gasteiger partial charge in [0.2, 0.25) is 5.91 Å². The van der Waals surface area contributed by atoms with E-state index in [4.69, 9.17) is 9.37 Å². The average Bonchev–Trinajstić information content (AvgIpc) is 2.92. The Balaban J connectivity index is 1.64. The number of ether oxygens (including phenoxy) is 1. The summed E-state index contributed by atoms with van der Waals surface area (Å²) in [5.41, 5.74) is 0.960. The number of amides is 1. The number of methoxy groups -OCH3 is 1. The summed E-state index contributed by atoms with van der Waals surface area (Å²) in [6.45, 7) is 5.35. The highest BCUT2D eigenvalue weighted by Crippen LogP contribution is 2.35. The quantitative estimate of drug-likeness (QED) is 0.820. The monoisotopic (exact) mass is 324 g/mol. The molecule has 0 bridgehead atoms. The van der Waals surface area contributed by atoms with Crippen LogP contribution in [0.5, 0.6) is 0 Å². The zero-order valence-corrected chi connectivity index (χ0v) is 13.7. The molecule has 1 aromatic heterocycles. The van der Waals surface area contributed by atoms with Gasteiger partial charge in [0.1, 0.15) is 18.0 Å². The SMILES string of the molecule is COCC(=O)N1CC[C@]2(O)CCN(Cc3nonc3C)C[C@@H]2C1. The molecule has 8 nitrogen and oxygen atoms in total. The third-order valence-electron chi connectivity index (χ3n) is 5.10. The molecular formula is C15H24N4O4. The molecule has 0 spiro atoms. The van der Waals surface area contributed by atoms with Gasteiger partial charge in [-0.1, -0.05) is 10.3 Å². The first-order valence-electron chi connectivity index (χ1n) is 8.01. The van der Waals surface area contributed by atoms with Gasteiger partial charge in [-0.05, 0) is 19.8 Å². The summed E-state index contributed by atoms with van der Waals surface area (Å²) >= 11 is 0. The van der Waals surface area contributed by atoms with Crippen molar-refractivity contribution in [1.82, 2.24) is 20.1 Å². The predicted molar refractivity (Wildman–Crippen MR) is 80.4 cm³/mol. The lowest BCUT2D eigenvalue weighted by atomic mass is 9.75. The minimum Gasteiger partial charge on any atom is -0.389 e. The molecule has 2 aliphatic rings. The third kappa shape index (κ3) is 3.39. The molecule has 2 atom stereocenters. The van der Waals surface area contributed by atoms with Crippen molar-refractivity contribution >= 4 is 5.91 Å². The molecule has 0 radical (unpaired) electrons. The van der Waals surface area contributed by atoms with E-state index in [1.54, 1.807) is 4.90 Å². The highest BCUT2D eigenvalue weighted by molar-refractivity contribution is 5.77. The summed E-state index contributed by atoms with van der Waals surface area (Å²) in [4.78, 5) is 16.1. The van der Waals surface area contributed by atoms with Crippen LogP contribution in [0.3, 0.4) is 0 Å². The standard InChI is InChI=1S/C15H24N4O4/c1-11-13(17-23-16-11)9-18-5-3-15(21)4-6-19(8-12(15)7-18)14(20)10-22-2/h12,21H,3-10H2,1-2H3/t12-,15-/m1/s1. The predicted octanol–water partition coefficient (Wildman–Crippen LogP) is -0.190. The van der Waals surface area contributed by atoms with Crippen LogP contribution in [0.25, 0.3) is 0 Å². The minimum absolute atomic E-state index is 0.0109. The summed E-state index contributed by atoms with van der Waals surface area (Å²) < 4.78 is 9.68. The Kier molecular flexibility index (Phi) is 4.65. The molecule has 0 saturated carbocycles. The molecule has 128 valence electrons. The smallest absolute Gasteiger partial charge is 0.248 e. The summed E-state index contributed by atoms with van der Waals surface area (Å²) in [7, 11) is 1.52. The molecule has 1 aromatic rings. The average molecular weight is 324 g/mol. The van der Waals surface area contributed by atoms with Gasteiger partial charge in [-0.25, -0.2) is 4.63 Å². The zero-order chi connectivity index (χ0) is 16.4. The normalized spacial score (nSPS) is 28.7. The van der Waals surface area contributed by atoms with Gasteiger partial charge in [0.05, 0.1) is 5.60 Å². The summed E-state index contributed by atoms with van der Waals surface area (Å²) in [5.74, 6) is 0.0363. The van der Waals surface area contributed by atoms with Crippen LogP contribution in [-0.2, 0) is 16.1 Å². The van der Waals surface area contributed by atoms with Crippen molar-refractivity contribution in [2.45, 2.75) is 31.9 Å². The Bertz CT molecular complexity index is 563. The summed E-state index contributed by atoms with van der Waals surface area (Å²) in [6, 6.07) is 0. The number of rotatable bonds is 4.